The number of halogens is 1. The lowest BCUT2D eigenvalue weighted by molar-refractivity contribution is 0.473. The number of nitrogens with one attached hydrogen (secondary N) is 1. The normalized spacial score (nSPS) is 16.4. The summed E-state index contributed by atoms with van der Waals surface area (Å²) in [7, 11) is 0. The summed E-state index contributed by atoms with van der Waals surface area (Å²) in [4.78, 5) is 15.4. The maximum absolute atomic E-state index is 9.54. The molecule has 1 saturated heterocycles. The number of benzene rings is 2. The van der Waals surface area contributed by atoms with Crippen molar-refractivity contribution in [2.45, 2.75) is 31.6 Å². The van der Waals surface area contributed by atoms with Gasteiger partial charge in [0.25, 0.3) is 0 Å². The fraction of sp³-hybridized carbons (Fsp3) is 0.348. The predicted molar refractivity (Wildman–Crippen MR) is 120 cm³/mol. The largest absolute Gasteiger partial charge is 0.508 e. The topological polar surface area (TPSA) is 74.2 Å². The Hall–Kier alpha value is -2.86. The van der Waals surface area contributed by atoms with Crippen molar-refractivity contribution in [1.29, 1.82) is 0 Å². The first kappa shape index (κ1) is 20.4. The van der Waals surface area contributed by atoms with Gasteiger partial charge in [-0.3, -0.25) is 0 Å². The van der Waals surface area contributed by atoms with E-state index in [0.717, 1.165) is 45.3 Å². The molecule has 0 spiro atoms. The molecule has 2 aromatic carbocycles. The average molecular weight is 424 g/mol. The molecule has 2 N–H and O–H groups in total. The minimum atomic E-state index is 0.206. The Balaban J connectivity index is 1.37. The molecule has 0 saturated carbocycles. The molecule has 3 aromatic rings. The van der Waals surface area contributed by atoms with Gasteiger partial charge in [0.05, 0.1) is 0 Å². The number of aromatic nitrogens is 3. The molecule has 1 fully saturated rings. The van der Waals surface area contributed by atoms with Crippen molar-refractivity contribution in [3.8, 4) is 5.75 Å². The molecule has 1 aliphatic rings. The first-order valence-electron chi connectivity index (χ1n) is 10.4. The van der Waals surface area contributed by atoms with Gasteiger partial charge in [-0.1, -0.05) is 42.5 Å². The number of phenols is 1. The number of piperidine rings is 1. The van der Waals surface area contributed by atoms with Crippen LogP contribution in [0, 0.1) is 0 Å². The molecular weight excluding hydrogens is 398 g/mol. The smallest absolute Gasteiger partial charge is 0.231 e. The molecule has 1 atom stereocenters. The number of aromatic hydroxyl groups is 1. The third kappa shape index (κ3) is 5.39. The van der Waals surface area contributed by atoms with E-state index in [1.807, 2.05) is 18.2 Å². The zero-order valence-electron chi connectivity index (χ0n) is 16.8. The summed E-state index contributed by atoms with van der Waals surface area (Å²) in [6.07, 6.45) is 4.13. The molecule has 30 heavy (non-hydrogen) atoms. The maximum atomic E-state index is 9.54. The number of hydrogen-bond acceptors (Lipinski definition) is 6. The van der Waals surface area contributed by atoms with Crippen molar-refractivity contribution in [3.05, 3.63) is 71.0 Å². The molecule has 1 aromatic heterocycles. The SMILES string of the molecule is Oc1ccc(C2CCCN(c3nc(Cl)nc(NCCCc4ccccc4)n3)C2)cc1. The monoisotopic (exact) mass is 423 g/mol. The van der Waals surface area contributed by atoms with Crippen molar-refractivity contribution in [2.24, 2.45) is 0 Å². The Bertz CT molecular complexity index is 952. The molecular formula is C23H26ClN5O. The van der Waals surface area contributed by atoms with E-state index in [-0.39, 0.29) is 5.28 Å². The van der Waals surface area contributed by atoms with Crippen LogP contribution in [-0.2, 0) is 6.42 Å². The lowest BCUT2D eigenvalue weighted by atomic mass is 9.91. The van der Waals surface area contributed by atoms with Crippen molar-refractivity contribution in [3.63, 3.8) is 0 Å². The van der Waals surface area contributed by atoms with Crippen LogP contribution < -0.4 is 10.2 Å². The van der Waals surface area contributed by atoms with Crippen LogP contribution in [0.4, 0.5) is 11.9 Å². The summed E-state index contributed by atoms with van der Waals surface area (Å²) < 4.78 is 0. The van der Waals surface area contributed by atoms with Gasteiger partial charge >= 0.3 is 0 Å². The zero-order valence-corrected chi connectivity index (χ0v) is 17.6. The van der Waals surface area contributed by atoms with Crippen molar-refractivity contribution >= 4 is 23.5 Å². The highest BCUT2D eigenvalue weighted by Gasteiger charge is 2.24. The Labute approximate surface area is 182 Å². The van der Waals surface area contributed by atoms with E-state index in [4.69, 9.17) is 11.6 Å². The number of nitrogens with zero attached hydrogens (tertiary/aromatic N) is 4. The van der Waals surface area contributed by atoms with Crippen LogP contribution >= 0.6 is 11.6 Å². The summed E-state index contributed by atoms with van der Waals surface area (Å²) >= 11 is 6.19. The Morgan fingerprint density at radius 1 is 1.03 bits per heavy atom. The minimum Gasteiger partial charge on any atom is -0.508 e. The van der Waals surface area contributed by atoms with E-state index in [0.29, 0.717) is 23.6 Å². The maximum Gasteiger partial charge on any atom is 0.231 e. The number of anilines is 2. The molecule has 2 heterocycles. The molecule has 0 aliphatic carbocycles. The molecule has 1 aliphatic heterocycles. The van der Waals surface area contributed by atoms with Gasteiger partial charge in [-0.2, -0.15) is 15.0 Å². The molecule has 0 amide bonds. The van der Waals surface area contributed by atoms with E-state index < -0.39 is 0 Å². The summed E-state index contributed by atoms with van der Waals surface area (Å²) in [5, 5.41) is 13.0. The van der Waals surface area contributed by atoms with Gasteiger partial charge in [-0.25, -0.2) is 0 Å². The third-order valence-corrected chi connectivity index (χ3v) is 5.60. The van der Waals surface area contributed by atoms with Gasteiger partial charge in [-0.05, 0) is 60.5 Å². The van der Waals surface area contributed by atoms with Crippen LogP contribution in [0.25, 0.3) is 0 Å². The van der Waals surface area contributed by atoms with Crippen LogP contribution in [0.5, 0.6) is 5.75 Å². The van der Waals surface area contributed by atoms with Gasteiger partial charge in [0.1, 0.15) is 5.75 Å². The average Bonchev–Trinajstić information content (AvgIpc) is 2.78. The Kier molecular flexibility index (Phi) is 6.64. The van der Waals surface area contributed by atoms with E-state index in [1.54, 1.807) is 12.1 Å². The van der Waals surface area contributed by atoms with E-state index in [9.17, 15) is 5.11 Å². The molecule has 1 unspecified atom stereocenters. The second kappa shape index (κ2) is 9.76. The number of aryl methyl sites for hydroxylation is 1. The summed E-state index contributed by atoms with van der Waals surface area (Å²) in [6.45, 7) is 2.48. The van der Waals surface area contributed by atoms with Gasteiger partial charge in [-0.15, -0.1) is 0 Å². The molecule has 156 valence electrons. The lowest BCUT2D eigenvalue weighted by Gasteiger charge is -2.33. The van der Waals surface area contributed by atoms with Gasteiger partial charge in [0.15, 0.2) is 0 Å². The van der Waals surface area contributed by atoms with Gasteiger partial charge < -0.3 is 15.3 Å². The summed E-state index contributed by atoms with van der Waals surface area (Å²) in [5.74, 6) is 1.80. The summed E-state index contributed by atoms with van der Waals surface area (Å²) in [5.41, 5.74) is 2.54. The van der Waals surface area contributed by atoms with Crippen molar-refractivity contribution < 1.29 is 5.11 Å². The van der Waals surface area contributed by atoms with Crippen LogP contribution in [0.2, 0.25) is 5.28 Å². The van der Waals surface area contributed by atoms with Crippen LogP contribution in [-0.4, -0.2) is 39.7 Å². The van der Waals surface area contributed by atoms with Gasteiger partial charge in [0, 0.05) is 25.6 Å². The molecule has 6 nitrogen and oxygen atoms in total. The molecule has 7 heteroatoms. The Morgan fingerprint density at radius 3 is 2.63 bits per heavy atom. The number of rotatable bonds is 7. The molecule has 0 bridgehead atoms. The second-order valence-corrected chi connectivity index (χ2v) is 7.96. The standard InChI is InChI=1S/C23H26ClN5O/c24-21-26-22(25-14-4-8-17-6-2-1-3-7-17)28-23(27-21)29-15-5-9-19(16-29)18-10-12-20(30)13-11-18/h1-3,6-7,10-13,19,30H,4-5,8-9,14-16H2,(H,25,26,27,28). The predicted octanol–water partition coefficient (Wildman–Crippen LogP) is 4.66. The zero-order chi connectivity index (χ0) is 20.8. The fourth-order valence-corrected chi connectivity index (χ4v) is 4.03. The van der Waals surface area contributed by atoms with E-state index in [1.165, 1.54) is 11.1 Å². The highest BCUT2D eigenvalue weighted by atomic mass is 35.5. The molecule has 4 rings (SSSR count). The summed E-state index contributed by atoms with van der Waals surface area (Å²) in [6, 6.07) is 17.9. The van der Waals surface area contributed by atoms with E-state index >= 15 is 0 Å². The Morgan fingerprint density at radius 2 is 1.83 bits per heavy atom. The third-order valence-electron chi connectivity index (χ3n) is 5.43. The fourth-order valence-electron chi connectivity index (χ4n) is 3.87. The lowest BCUT2D eigenvalue weighted by Crippen LogP contribution is -2.35. The van der Waals surface area contributed by atoms with Crippen molar-refractivity contribution in [2.75, 3.05) is 29.9 Å². The molecule has 0 radical (unpaired) electrons. The minimum absolute atomic E-state index is 0.206. The van der Waals surface area contributed by atoms with Crippen LogP contribution in [0.15, 0.2) is 54.6 Å². The highest BCUT2D eigenvalue weighted by Crippen LogP contribution is 2.30. The van der Waals surface area contributed by atoms with Crippen molar-refractivity contribution in [1.82, 2.24) is 15.0 Å². The number of phenolic OH excluding ortho intramolecular Hbond substituents is 1. The number of hydrogen-bond donors (Lipinski definition) is 2. The van der Waals surface area contributed by atoms with Gasteiger partial charge in [0.2, 0.25) is 17.2 Å². The highest BCUT2D eigenvalue weighted by molar-refractivity contribution is 6.28. The van der Waals surface area contributed by atoms with Crippen LogP contribution in [0.1, 0.15) is 36.3 Å². The van der Waals surface area contributed by atoms with Crippen LogP contribution in [0.3, 0.4) is 0 Å². The second-order valence-electron chi connectivity index (χ2n) is 7.62. The first-order chi connectivity index (χ1) is 14.7. The first-order valence-corrected chi connectivity index (χ1v) is 10.8. The quantitative estimate of drug-likeness (QED) is 0.538. The van der Waals surface area contributed by atoms with E-state index in [2.05, 4.69) is 49.4 Å².